The molecule has 3 aromatic rings. The highest BCUT2D eigenvalue weighted by atomic mass is 32.1. The van der Waals surface area contributed by atoms with Crippen molar-refractivity contribution in [2.45, 2.75) is 26.5 Å². The van der Waals surface area contributed by atoms with Crippen LogP contribution in [0.3, 0.4) is 0 Å². The van der Waals surface area contributed by atoms with Gasteiger partial charge in [0.05, 0.1) is 7.11 Å². The number of benzene rings is 2. The molecule has 0 spiro atoms. The second kappa shape index (κ2) is 11.2. The van der Waals surface area contributed by atoms with E-state index in [1.165, 1.54) is 0 Å². The SMILES string of the molecule is COc1ccc(NC(=O)c2nnc(COC(=O)[C@@H](NC(=O)c3ccccc3)C(C)C)s2)cc1. The van der Waals surface area contributed by atoms with Gasteiger partial charge in [-0.15, -0.1) is 10.2 Å². The van der Waals surface area contributed by atoms with Crippen LogP contribution in [0.1, 0.15) is 39.0 Å². The van der Waals surface area contributed by atoms with Gasteiger partial charge in [-0.3, -0.25) is 9.59 Å². The highest BCUT2D eigenvalue weighted by molar-refractivity contribution is 7.13. The fourth-order valence-electron chi connectivity index (χ4n) is 2.80. The topological polar surface area (TPSA) is 120 Å². The summed E-state index contributed by atoms with van der Waals surface area (Å²) in [5.74, 6) is -0.892. The molecular formula is C23H24N4O5S. The smallest absolute Gasteiger partial charge is 0.329 e. The van der Waals surface area contributed by atoms with Gasteiger partial charge >= 0.3 is 5.97 Å². The molecule has 10 heteroatoms. The first-order valence-electron chi connectivity index (χ1n) is 10.2. The fourth-order valence-corrected chi connectivity index (χ4v) is 3.45. The molecule has 0 fully saturated rings. The number of amides is 2. The van der Waals surface area contributed by atoms with Crippen molar-refractivity contribution >= 4 is 34.8 Å². The third-order valence-electron chi connectivity index (χ3n) is 4.59. The summed E-state index contributed by atoms with van der Waals surface area (Å²) in [4.78, 5) is 37.4. The molecule has 0 aliphatic rings. The average Bonchev–Trinajstić information content (AvgIpc) is 3.31. The number of aromatic nitrogens is 2. The Morgan fingerprint density at radius 1 is 0.970 bits per heavy atom. The number of rotatable bonds is 9. The first-order chi connectivity index (χ1) is 15.9. The van der Waals surface area contributed by atoms with Crippen molar-refractivity contribution in [3.8, 4) is 5.75 Å². The number of carbonyl (C=O) groups excluding carboxylic acids is 3. The van der Waals surface area contributed by atoms with Gasteiger partial charge in [-0.2, -0.15) is 0 Å². The molecule has 0 saturated heterocycles. The Morgan fingerprint density at radius 2 is 1.67 bits per heavy atom. The van der Waals surface area contributed by atoms with Gasteiger partial charge < -0.3 is 20.1 Å². The molecule has 0 unspecified atom stereocenters. The number of anilines is 1. The zero-order chi connectivity index (χ0) is 23.8. The average molecular weight is 469 g/mol. The van der Waals surface area contributed by atoms with Crippen LogP contribution in [0.25, 0.3) is 0 Å². The monoisotopic (exact) mass is 468 g/mol. The minimum Gasteiger partial charge on any atom is -0.497 e. The zero-order valence-corrected chi connectivity index (χ0v) is 19.2. The molecule has 2 N–H and O–H groups in total. The van der Waals surface area contributed by atoms with Crippen LogP contribution in [0, 0.1) is 5.92 Å². The van der Waals surface area contributed by atoms with Crippen LogP contribution in [0.4, 0.5) is 5.69 Å². The summed E-state index contributed by atoms with van der Waals surface area (Å²) in [6, 6.07) is 14.7. The third-order valence-corrected chi connectivity index (χ3v) is 5.49. The van der Waals surface area contributed by atoms with Crippen LogP contribution in [0.15, 0.2) is 54.6 Å². The number of ether oxygens (including phenoxy) is 2. The molecule has 0 aliphatic carbocycles. The summed E-state index contributed by atoms with van der Waals surface area (Å²) in [5, 5.41) is 13.7. The van der Waals surface area contributed by atoms with Gasteiger partial charge in [-0.05, 0) is 42.3 Å². The van der Waals surface area contributed by atoms with Crippen molar-refractivity contribution in [3.63, 3.8) is 0 Å². The molecule has 9 nitrogen and oxygen atoms in total. The fraction of sp³-hybridized carbons (Fsp3) is 0.261. The predicted molar refractivity (Wildman–Crippen MR) is 123 cm³/mol. The molecule has 0 aliphatic heterocycles. The maximum absolute atomic E-state index is 12.6. The van der Waals surface area contributed by atoms with Crippen molar-refractivity contribution in [1.82, 2.24) is 15.5 Å². The van der Waals surface area contributed by atoms with Crippen LogP contribution in [-0.4, -0.2) is 41.1 Å². The molecule has 1 atom stereocenters. The minimum absolute atomic E-state index is 0.134. The molecular weight excluding hydrogens is 444 g/mol. The van der Waals surface area contributed by atoms with Crippen molar-refractivity contribution in [1.29, 1.82) is 0 Å². The second-order valence-corrected chi connectivity index (χ2v) is 8.41. The number of methoxy groups -OCH3 is 1. The lowest BCUT2D eigenvalue weighted by Gasteiger charge is -2.20. The van der Waals surface area contributed by atoms with Gasteiger partial charge in [-0.25, -0.2) is 4.79 Å². The molecule has 1 heterocycles. The molecule has 2 aromatic carbocycles. The van der Waals surface area contributed by atoms with Crippen LogP contribution in [-0.2, 0) is 16.1 Å². The van der Waals surface area contributed by atoms with Gasteiger partial charge in [0.15, 0.2) is 5.01 Å². The summed E-state index contributed by atoms with van der Waals surface area (Å²) in [7, 11) is 1.56. The molecule has 172 valence electrons. The molecule has 3 rings (SSSR count). The van der Waals surface area contributed by atoms with Crippen LogP contribution < -0.4 is 15.4 Å². The van der Waals surface area contributed by atoms with E-state index in [1.54, 1.807) is 61.7 Å². The molecule has 0 saturated carbocycles. The number of nitrogens with one attached hydrogen (secondary N) is 2. The largest absolute Gasteiger partial charge is 0.497 e. The maximum atomic E-state index is 12.6. The van der Waals surface area contributed by atoms with Crippen molar-refractivity contribution in [2.24, 2.45) is 5.92 Å². The van der Waals surface area contributed by atoms with Crippen molar-refractivity contribution in [2.75, 3.05) is 12.4 Å². The van der Waals surface area contributed by atoms with Gasteiger partial charge in [0, 0.05) is 11.3 Å². The summed E-state index contributed by atoms with van der Waals surface area (Å²) in [5.41, 5.74) is 1.03. The molecule has 0 radical (unpaired) electrons. The Bertz CT molecular complexity index is 1100. The Kier molecular flexibility index (Phi) is 8.09. The third kappa shape index (κ3) is 6.59. The van der Waals surface area contributed by atoms with E-state index in [1.807, 2.05) is 13.8 Å². The van der Waals surface area contributed by atoms with E-state index in [0.29, 0.717) is 22.0 Å². The second-order valence-electron chi connectivity index (χ2n) is 7.35. The van der Waals surface area contributed by atoms with Crippen LogP contribution in [0.5, 0.6) is 5.75 Å². The standard InChI is InChI=1S/C23H24N4O5S/c1-14(2)19(25-20(28)15-7-5-4-6-8-15)23(30)32-13-18-26-27-22(33-18)21(29)24-16-9-11-17(31-3)12-10-16/h4-12,14,19H,13H2,1-3H3,(H,24,29)(H,25,28)/t19-/m0/s1. The highest BCUT2D eigenvalue weighted by Gasteiger charge is 2.26. The summed E-state index contributed by atoms with van der Waals surface area (Å²) in [6.45, 7) is 3.46. The lowest BCUT2D eigenvalue weighted by Crippen LogP contribution is -2.45. The maximum Gasteiger partial charge on any atom is 0.329 e. The summed E-state index contributed by atoms with van der Waals surface area (Å²) < 4.78 is 10.4. The van der Waals surface area contributed by atoms with E-state index in [4.69, 9.17) is 9.47 Å². The highest BCUT2D eigenvalue weighted by Crippen LogP contribution is 2.18. The first-order valence-corrected chi connectivity index (χ1v) is 11.0. The molecule has 0 bridgehead atoms. The van der Waals surface area contributed by atoms with E-state index < -0.39 is 17.9 Å². The van der Waals surface area contributed by atoms with Gasteiger partial charge in [-0.1, -0.05) is 43.4 Å². The molecule has 33 heavy (non-hydrogen) atoms. The number of nitrogens with zero attached hydrogens (tertiary/aromatic N) is 2. The van der Waals surface area contributed by atoms with Gasteiger partial charge in [0.25, 0.3) is 11.8 Å². The van der Waals surface area contributed by atoms with E-state index in [9.17, 15) is 14.4 Å². The van der Waals surface area contributed by atoms with E-state index in [0.717, 1.165) is 11.3 Å². The van der Waals surface area contributed by atoms with Gasteiger partial charge in [0.1, 0.15) is 18.4 Å². The number of carbonyl (C=O) groups is 3. The van der Waals surface area contributed by atoms with E-state index in [-0.39, 0.29) is 23.4 Å². The minimum atomic E-state index is -0.830. The first kappa shape index (κ1) is 23.9. The molecule has 1 aromatic heterocycles. The van der Waals surface area contributed by atoms with Crippen LogP contribution >= 0.6 is 11.3 Å². The van der Waals surface area contributed by atoms with E-state index in [2.05, 4.69) is 20.8 Å². The Hall–Kier alpha value is -3.79. The predicted octanol–water partition coefficient (Wildman–Crippen LogP) is 3.30. The van der Waals surface area contributed by atoms with Crippen LogP contribution in [0.2, 0.25) is 0 Å². The lowest BCUT2D eigenvalue weighted by molar-refractivity contribution is -0.148. The van der Waals surface area contributed by atoms with E-state index >= 15 is 0 Å². The Morgan fingerprint density at radius 3 is 2.30 bits per heavy atom. The molecule has 2 amide bonds. The number of hydrogen-bond acceptors (Lipinski definition) is 8. The lowest BCUT2D eigenvalue weighted by atomic mass is 10.0. The van der Waals surface area contributed by atoms with Crippen molar-refractivity contribution in [3.05, 3.63) is 70.2 Å². The zero-order valence-electron chi connectivity index (χ0n) is 18.4. The van der Waals surface area contributed by atoms with Gasteiger partial charge in [0.2, 0.25) is 5.01 Å². The number of esters is 1. The Labute approximate surface area is 195 Å². The normalized spacial score (nSPS) is 11.5. The summed E-state index contributed by atoms with van der Waals surface area (Å²) >= 11 is 1.02. The summed E-state index contributed by atoms with van der Waals surface area (Å²) in [6.07, 6.45) is 0. The quantitative estimate of drug-likeness (QED) is 0.463. The Balaban J connectivity index is 1.55. The van der Waals surface area contributed by atoms with Crippen molar-refractivity contribution < 1.29 is 23.9 Å². The number of hydrogen-bond donors (Lipinski definition) is 2.